The Bertz CT molecular complexity index is 352. The van der Waals surface area contributed by atoms with E-state index in [1.54, 1.807) is 11.5 Å². The Morgan fingerprint density at radius 2 is 1.89 bits per heavy atom. The monoisotopic (exact) mass is 269 g/mol. The van der Waals surface area contributed by atoms with E-state index in [2.05, 4.69) is 56.4 Å². The zero-order valence-electron chi connectivity index (χ0n) is 12.6. The van der Waals surface area contributed by atoms with Gasteiger partial charge in [0.05, 0.1) is 10.6 Å². The van der Waals surface area contributed by atoms with Crippen molar-refractivity contribution in [2.24, 2.45) is 5.92 Å². The van der Waals surface area contributed by atoms with Crippen LogP contribution in [0, 0.1) is 5.92 Å². The lowest BCUT2D eigenvalue weighted by Gasteiger charge is -2.23. The first-order chi connectivity index (χ1) is 8.36. The Kier molecular flexibility index (Phi) is 5.73. The molecule has 1 aromatic heterocycles. The molecule has 0 saturated heterocycles. The summed E-state index contributed by atoms with van der Waals surface area (Å²) >= 11 is 1.55. The summed E-state index contributed by atoms with van der Waals surface area (Å²) in [5, 5.41) is 7.93. The van der Waals surface area contributed by atoms with Crippen LogP contribution in [0.2, 0.25) is 0 Å². The van der Waals surface area contributed by atoms with Gasteiger partial charge in [0.1, 0.15) is 0 Å². The standard InChI is InChI=1S/C14H27N3S/c1-7-15-11(9-8-10(2)3)12-13(14(4,5)6)16-17-18-12/h10-11,15H,7-9H2,1-6H3. The first kappa shape index (κ1) is 15.6. The van der Waals surface area contributed by atoms with Crippen LogP contribution in [0.3, 0.4) is 0 Å². The second kappa shape index (κ2) is 6.62. The van der Waals surface area contributed by atoms with Gasteiger partial charge in [0.2, 0.25) is 0 Å². The van der Waals surface area contributed by atoms with E-state index in [1.165, 1.54) is 17.7 Å². The van der Waals surface area contributed by atoms with Crippen molar-refractivity contribution in [3.05, 3.63) is 10.6 Å². The van der Waals surface area contributed by atoms with Crippen LogP contribution in [0.25, 0.3) is 0 Å². The van der Waals surface area contributed by atoms with Crippen molar-refractivity contribution in [1.82, 2.24) is 14.9 Å². The van der Waals surface area contributed by atoms with Crippen molar-refractivity contribution in [3.8, 4) is 0 Å². The van der Waals surface area contributed by atoms with Crippen LogP contribution in [0.15, 0.2) is 0 Å². The maximum atomic E-state index is 4.35. The minimum Gasteiger partial charge on any atom is -0.309 e. The quantitative estimate of drug-likeness (QED) is 0.850. The molecular weight excluding hydrogens is 242 g/mol. The van der Waals surface area contributed by atoms with E-state index in [0.717, 1.165) is 18.2 Å². The van der Waals surface area contributed by atoms with E-state index in [0.29, 0.717) is 6.04 Å². The van der Waals surface area contributed by atoms with Gasteiger partial charge in [0.15, 0.2) is 0 Å². The number of hydrogen-bond donors (Lipinski definition) is 1. The molecule has 0 spiro atoms. The summed E-state index contributed by atoms with van der Waals surface area (Å²) in [7, 11) is 0. The van der Waals surface area contributed by atoms with Crippen molar-refractivity contribution in [2.45, 2.75) is 65.8 Å². The molecular formula is C14H27N3S. The van der Waals surface area contributed by atoms with Crippen molar-refractivity contribution >= 4 is 11.5 Å². The Morgan fingerprint density at radius 3 is 2.39 bits per heavy atom. The fourth-order valence-corrected chi connectivity index (χ4v) is 2.99. The Hall–Kier alpha value is -0.480. The maximum absolute atomic E-state index is 4.35. The number of rotatable bonds is 6. The molecule has 104 valence electrons. The summed E-state index contributed by atoms with van der Waals surface area (Å²) in [4.78, 5) is 1.32. The van der Waals surface area contributed by atoms with Gasteiger partial charge in [0, 0.05) is 11.5 Å². The van der Waals surface area contributed by atoms with Crippen molar-refractivity contribution in [2.75, 3.05) is 6.54 Å². The van der Waals surface area contributed by atoms with Gasteiger partial charge in [0.25, 0.3) is 0 Å². The zero-order chi connectivity index (χ0) is 13.8. The molecule has 0 radical (unpaired) electrons. The van der Waals surface area contributed by atoms with Gasteiger partial charge in [-0.25, -0.2) is 0 Å². The molecule has 3 nitrogen and oxygen atoms in total. The molecule has 1 unspecified atom stereocenters. The fraction of sp³-hybridized carbons (Fsp3) is 0.857. The van der Waals surface area contributed by atoms with Crippen molar-refractivity contribution in [3.63, 3.8) is 0 Å². The predicted octanol–water partition coefficient (Wildman–Crippen LogP) is 3.92. The molecule has 0 aromatic carbocycles. The minimum absolute atomic E-state index is 0.0772. The van der Waals surface area contributed by atoms with E-state index in [1.807, 2.05) is 0 Å². The smallest absolute Gasteiger partial charge is 0.0857 e. The topological polar surface area (TPSA) is 37.8 Å². The molecule has 0 bridgehead atoms. The Labute approximate surface area is 116 Å². The third-order valence-corrected chi connectivity index (χ3v) is 3.86. The van der Waals surface area contributed by atoms with Gasteiger partial charge in [-0.2, -0.15) is 0 Å². The van der Waals surface area contributed by atoms with Gasteiger partial charge in [-0.15, -0.1) is 5.10 Å². The average Bonchev–Trinajstić information content (AvgIpc) is 2.72. The second-order valence-electron chi connectivity index (χ2n) is 6.32. The van der Waals surface area contributed by atoms with Gasteiger partial charge in [-0.3, -0.25) is 0 Å². The molecule has 1 N–H and O–H groups in total. The third-order valence-electron chi connectivity index (χ3n) is 3.02. The molecule has 1 heterocycles. The highest BCUT2D eigenvalue weighted by Crippen LogP contribution is 2.32. The van der Waals surface area contributed by atoms with Gasteiger partial charge < -0.3 is 5.32 Å². The SMILES string of the molecule is CCNC(CCC(C)C)c1snnc1C(C)(C)C. The molecule has 1 rings (SSSR count). The summed E-state index contributed by atoms with van der Waals surface area (Å²) in [5.74, 6) is 0.741. The van der Waals surface area contributed by atoms with E-state index in [9.17, 15) is 0 Å². The number of aromatic nitrogens is 2. The van der Waals surface area contributed by atoms with E-state index in [-0.39, 0.29) is 5.41 Å². The summed E-state index contributed by atoms with van der Waals surface area (Å²) in [6, 6.07) is 0.409. The normalized spacial score (nSPS) is 14.2. The highest BCUT2D eigenvalue weighted by atomic mass is 32.1. The molecule has 0 aliphatic heterocycles. The third kappa shape index (κ3) is 4.32. The van der Waals surface area contributed by atoms with Crippen LogP contribution in [-0.4, -0.2) is 16.1 Å². The molecule has 0 saturated carbocycles. The number of nitrogens with zero attached hydrogens (tertiary/aromatic N) is 2. The van der Waals surface area contributed by atoms with Gasteiger partial charge in [-0.1, -0.05) is 46.0 Å². The highest BCUT2D eigenvalue weighted by Gasteiger charge is 2.26. The molecule has 0 fully saturated rings. The average molecular weight is 269 g/mol. The maximum Gasteiger partial charge on any atom is 0.0857 e. The van der Waals surface area contributed by atoms with Crippen LogP contribution >= 0.6 is 11.5 Å². The highest BCUT2D eigenvalue weighted by molar-refractivity contribution is 7.05. The molecule has 1 atom stereocenters. The van der Waals surface area contributed by atoms with Crippen LogP contribution in [-0.2, 0) is 5.41 Å². The van der Waals surface area contributed by atoms with Gasteiger partial charge in [-0.05, 0) is 36.8 Å². The van der Waals surface area contributed by atoms with Crippen LogP contribution < -0.4 is 5.32 Å². The van der Waals surface area contributed by atoms with Crippen molar-refractivity contribution in [1.29, 1.82) is 0 Å². The second-order valence-corrected chi connectivity index (χ2v) is 7.10. The summed E-state index contributed by atoms with van der Waals surface area (Å²) in [6.07, 6.45) is 2.40. The molecule has 4 heteroatoms. The first-order valence-electron chi connectivity index (χ1n) is 6.92. The summed E-state index contributed by atoms with van der Waals surface area (Å²) < 4.78 is 4.17. The summed E-state index contributed by atoms with van der Waals surface area (Å²) in [6.45, 7) is 14.3. The lowest BCUT2D eigenvalue weighted by Crippen LogP contribution is -2.24. The predicted molar refractivity (Wildman–Crippen MR) is 79.1 cm³/mol. The molecule has 0 amide bonds. The van der Waals surface area contributed by atoms with E-state index in [4.69, 9.17) is 0 Å². The van der Waals surface area contributed by atoms with Crippen LogP contribution in [0.1, 0.15) is 71.0 Å². The minimum atomic E-state index is 0.0772. The molecule has 18 heavy (non-hydrogen) atoms. The number of hydrogen-bond acceptors (Lipinski definition) is 4. The van der Waals surface area contributed by atoms with Crippen LogP contribution in [0.4, 0.5) is 0 Å². The van der Waals surface area contributed by atoms with E-state index < -0.39 is 0 Å². The molecule has 1 aromatic rings. The molecule has 0 aliphatic carbocycles. The zero-order valence-corrected chi connectivity index (χ0v) is 13.4. The largest absolute Gasteiger partial charge is 0.309 e. The first-order valence-corrected chi connectivity index (χ1v) is 7.69. The van der Waals surface area contributed by atoms with Crippen molar-refractivity contribution < 1.29 is 0 Å². The van der Waals surface area contributed by atoms with Gasteiger partial charge >= 0.3 is 0 Å². The van der Waals surface area contributed by atoms with E-state index >= 15 is 0 Å². The Morgan fingerprint density at radius 1 is 1.22 bits per heavy atom. The van der Waals surface area contributed by atoms with Crippen LogP contribution in [0.5, 0.6) is 0 Å². The lowest BCUT2D eigenvalue weighted by molar-refractivity contribution is 0.442. The molecule has 0 aliphatic rings. The fourth-order valence-electron chi connectivity index (χ4n) is 2.02. The number of nitrogens with one attached hydrogen (secondary N) is 1. The lowest BCUT2D eigenvalue weighted by atomic mass is 9.89. The Balaban J connectivity index is 2.88. The summed E-state index contributed by atoms with van der Waals surface area (Å²) in [5.41, 5.74) is 1.23.